The zero-order valence-corrected chi connectivity index (χ0v) is 18.2. The van der Waals surface area contributed by atoms with E-state index in [2.05, 4.69) is 38.0 Å². The van der Waals surface area contributed by atoms with Gasteiger partial charge in [0.25, 0.3) is 0 Å². The number of nitrogens with two attached hydrogens (primary N) is 1. The Morgan fingerprint density at radius 1 is 1.13 bits per heavy atom. The topological polar surface area (TPSA) is 87.8 Å². The van der Waals surface area contributed by atoms with Crippen LogP contribution in [-0.4, -0.2) is 84.7 Å². The van der Waals surface area contributed by atoms with E-state index in [4.69, 9.17) is 10.5 Å². The van der Waals surface area contributed by atoms with Crippen molar-refractivity contribution >= 4 is 11.9 Å². The minimum atomic E-state index is -0.323. The van der Waals surface area contributed by atoms with Gasteiger partial charge in [-0.3, -0.25) is 14.6 Å². The maximum atomic E-state index is 11.1. The molecule has 0 spiro atoms. The number of nitrogens with zero attached hydrogens (tertiary/aromatic N) is 5. The molecule has 1 amide bonds. The van der Waals surface area contributed by atoms with E-state index in [0.717, 1.165) is 74.9 Å². The first-order valence-corrected chi connectivity index (χ1v) is 11.0. The van der Waals surface area contributed by atoms with E-state index < -0.39 is 0 Å². The monoisotopic (exact) mass is 424 g/mol. The fourth-order valence-electron chi connectivity index (χ4n) is 4.49. The molecule has 31 heavy (non-hydrogen) atoms. The molecule has 3 heterocycles. The molecule has 0 bridgehead atoms. The number of primary amides is 1. The van der Waals surface area contributed by atoms with Crippen LogP contribution in [0.25, 0.3) is 11.1 Å². The predicted molar refractivity (Wildman–Crippen MR) is 121 cm³/mol. The summed E-state index contributed by atoms with van der Waals surface area (Å²) in [6.07, 6.45) is 6.10. The van der Waals surface area contributed by atoms with Crippen molar-refractivity contribution in [2.75, 3.05) is 57.9 Å². The number of piperidine rings is 1. The van der Waals surface area contributed by atoms with Gasteiger partial charge in [0.1, 0.15) is 0 Å². The van der Waals surface area contributed by atoms with Crippen molar-refractivity contribution in [1.29, 1.82) is 0 Å². The minimum absolute atomic E-state index is 0.240. The van der Waals surface area contributed by atoms with E-state index in [0.29, 0.717) is 12.6 Å². The first-order chi connectivity index (χ1) is 15.1. The highest BCUT2D eigenvalue weighted by Gasteiger charge is 2.26. The van der Waals surface area contributed by atoms with Crippen molar-refractivity contribution in [2.24, 2.45) is 5.73 Å². The predicted octanol–water partition coefficient (Wildman–Crippen LogP) is 1.36. The fraction of sp³-hybridized carbons (Fsp3) is 0.522. The van der Waals surface area contributed by atoms with E-state index in [1.165, 1.54) is 0 Å². The molecule has 0 radical (unpaired) electrons. The van der Waals surface area contributed by atoms with Crippen LogP contribution in [0.3, 0.4) is 0 Å². The van der Waals surface area contributed by atoms with Gasteiger partial charge in [0.05, 0.1) is 19.8 Å². The largest absolute Gasteiger partial charge is 0.379 e. The number of carbonyl (C=O) groups is 1. The highest BCUT2D eigenvalue weighted by molar-refractivity contribution is 5.75. The van der Waals surface area contributed by atoms with Gasteiger partial charge in [0.2, 0.25) is 11.9 Å². The van der Waals surface area contributed by atoms with Crippen LogP contribution in [-0.2, 0) is 16.1 Å². The quantitative estimate of drug-likeness (QED) is 0.718. The van der Waals surface area contributed by atoms with Gasteiger partial charge < -0.3 is 15.4 Å². The van der Waals surface area contributed by atoms with E-state index in [1.807, 2.05) is 30.4 Å². The number of hydrogen-bond acceptors (Lipinski definition) is 7. The number of amides is 1. The molecule has 2 N–H and O–H groups in total. The smallest absolute Gasteiger partial charge is 0.231 e. The van der Waals surface area contributed by atoms with E-state index in [9.17, 15) is 4.79 Å². The molecule has 2 aliphatic rings. The number of aromatic nitrogens is 2. The summed E-state index contributed by atoms with van der Waals surface area (Å²) in [6.45, 7) is 6.69. The summed E-state index contributed by atoms with van der Waals surface area (Å²) in [5.74, 6) is 0.484. The van der Waals surface area contributed by atoms with Gasteiger partial charge in [-0.25, -0.2) is 9.97 Å². The zero-order valence-electron chi connectivity index (χ0n) is 18.2. The highest BCUT2D eigenvalue weighted by atomic mass is 16.5. The summed E-state index contributed by atoms with van der Waals surface area (Å²) in [7, 11) is 1.89. The molecule has 0 unspecified atom stereocenters. The van der Waals surface area contributed by atoms with Crippen LogP contribution in [0.2, 0.25) is 0 Å². The molecule has 4 rings (SSSR count). The SMILES string of the molecule is CN(CC(N)=O)Cc1cccc(-c2cnc(N3CCC(N4CCOCC4)CC3)nc2)c1. The third-order valence-corrected chi connectivity index (χ3v) is 6.09. The minimum Gasteiger partial charge on any atom is -0.379 e. The van der Waals surface area contributed by atoms with Crippen molar-refractivity contribution in [1.82, 2.24) is 19.8 Å². The molecule has 0 aliphatic carbocycles. The van der Waals surface area contributed by atoms with Crippen molar-refractivity contribution in [2.45, 2.75) is 25.4 Å². The van der Waals surface area contributed by atoms with Crippen molar-refractivity contribution in [3.05, 3.63) is 42.2 Å². The van der Waals surface area contributed by atoms with Gasteiger partial charge in [-0.05, 0) is 37.1 Å². The third kappa shape index (κ3) is 5.78. The van der Waals surface area contributed by atoms with Gasteiger partial charge in [-0.15, -0.1) is 0 Å². The lowest BCUT2D eigenvalue weighted by atomic mass is 10.0. The normalized spacial score (nSPS) is 18.5. The first-order valence-electron chi connectivity index (χ1n) is 11.0. The number of anilines is 1. The molecule has 2 saturated heterocycles. The van der Waals surface area contributed by atoms with Gasteiger partial charge in [-0.2, -0.15) is 0 Å². The number of ether oxygens (including phenoxy) is 1. The van der Waals surface area contributed by atoms with Crippen molar-refractivity contribution in [3.63, 3.8) is 0 Å². The first kappa shape index (κ1) is 21.7. The molecule has 8 heteroatoms. The molecular formula is C23H32N6O2. The number of rotatable bonds is 7. The second-order valence-corrected chi connectivity index (χ2v) is 8.48. The van der Waals surface area contributed by atoms with Gasteiger partial charge in [0, 0.05) is 56.7 Å². The van der Waals surface area contributed by atoms with Crippen LogP contribution >= 0.6 is 0 Å². The number of hydrogen-bond donors (Lipinski definition) is 1. The standard InChI is InChI=1S/C23H32N6O2/c1-27(17-22(24)30)16-18-3-2-4-19(13-18)20-14-25-23(26-15-20)29-7-5-21(6-8-29)28-9-11-31-12-10-28/h2-4,13-15,21H,5-12,16-17H2,1H3,(H2,24,30). The summed E-state index contributed by atoms with van der Waals surface area (Å²) in [5, 5.41) is 0. The number of likely N-dealkylation sites (N-methyl/N-ethyl adjacent to an activating group) is 1. The van der Waals surface area contributed by atoms with E-state index in [1.54, 1.807) is 0 Å². The summed E-state index contributed by atoms with van der Waals surface area (Å²) < 4.78 is 5.48. The molecule has 2 fully saturated rings. The Labute approximate surface area is 184 Å². The molecule has 1 aromatic carbocycles. The Morgan fingerprint density at radius 3 is 2.52 bits per heavy atom. The van der Waals surface area contributed by atoms with Crippen LogP contribution in [0, 0.1) is 0 Å². The van der Waals surface area contributed by atoms with Gasteiger partial charge >= 0.3 is 0 Å². The highest BCUT2D eigenvalue weighted by Crippen LogP contribution is 2.24. The maximum absolute atomic E-state index is 11.1. The molecule has 0 saturated carbocycles. The van der Waals surface area contributed by atoms with Crippen LogP contribution in [0.1, 0.15) is 18.4 Å². The molecule has 166 valence electrons. The molecule has 2 aromatic rings. The summed E-state index contributed by atoms with van der Waals surface area (Å²) in [4.78, 5) is 27.2. The second kappa shape index (κ2) is 10.2. The average Bonchev–Trinajstić information content (AvgIpc) is 2.79. The van der Waals surface area contributed by atoms with Gasteiger partial charge in [-0.1, -0.05) is 18.2 Å². The summed E-state index contributed by atoms with van der Waals surface area (Å²) in [6, 6.07) is 8.89. The third-order valence-electron chi connectivity index (χ3n) is 6.09. The molecule has 1 aromatic heterocycles. The van der Waals surface area contributed by atoms with Crippen molar-refractivity contribution < 1.29 is 9.53 Å². The van der Waals surface area contributed by atoms with E-state index in [-0.39, 0.29) is 12.5 Å². The van der Waals surface area contributed by atoms with Crippen LogP contribution in [0.5, 0.6) is 0 Å². The fourth-order valence-corrected chi connectivity index (χ4v) is 4.49. The number of carbonyl (C=O) groups excluding carboxylic acids is 1. The average molecular weight is 425 g/mol. The molecule has 0 atom stereocenters. The van der Waals surface area contributed by atoms with Crippen LogP contribution in [0.15, 0.2) is 36.7 Å². The summed E-state index contributed by atoms with van der Waals surface area (Å²) in [5.41, 5.74) is 8.47. The molecular weight excluding hydrogens is 392 g/mol. The Morgan fingerprint density at radius 2 is 1.84 bits per heavy atom. The zero-order chi connectivity index (χ0) is 21.6. The lowest BCUT2D eigenvalue weighted by Gasteiger charge is -2.40. The maximum Gasteiger partial charge on any atom is 0.231 e. The van der Waals surface area contributed by atoms with Crippen LogP contribution < -0.4 is 10.6 Å². The lowest BCUT2D eigenvalue weighted by Crippen LogP contribution is -2.49. The van der Waals surface area contributed by atoms with Crippen molar-refractivity contribution in [3.8, 4) is 11.1 Å². The Kier molecular flexibility index (Phi) is 7.11. The second-order valence-electron chi connectivity index (χ2n) is 8.48. The molecule has 8 nitrogen and oxygen atoms in total. The summed E-state index contributed by atoms with van der Waals surface area (Å²) >= 11 is 0. The van der Waals surface area contributed by atoms with Gasteiger partial charge in [0.15, 0.2) is 0 Å². The number of morpholine rings is 1. The van der Waals surface area contributed by atoms with Crippen LogP contribution in [0.4, 0.5) is 5.95 Å². The molecule has 2 aliphatic heterocycles. The lowest BCUT2D eigenvalue weighted by molar-refractivity contribution is -0.118. The Hall–Kier alpha value is -2.55. The number of benzene rings is 1. The Bertz CT molecular complexity index is 861. The van der Waals surface area contributed by atoms with E-state index >= 15 is 0 Å². The Balaban J connectivity index is 1.35.